The Morgan fingerprint density at radius 1 is 1.03 bits per heavy atom. The van der Waals surface area contributed by atoms with Gasteiger partial charge >= 0.3 is 0 Å². The lowest BCUT2D eigenvalue weighted by atomic mass is 9.73. The summed E-state index contributed by atoms with van der Waals surface area (Å²) in [6, 6.07) is 20.1. The van der Waals surface area contributed by atoms with Crippen LogP contribution < -0.4 is 19.7 Å². The monoisotopic (exact) mass is 514 g/mol. The van der Waals surface area contributed by atoms with Crippen molar-refractivity contribution in [3.63, 3.8) is 0 Å². The van der Waals surface area contributed by atoms with Crippen LogP contribution in [0, 0.1) is 5.41 Å². The van der Waals surface area contributed by atoms with E-state index in [-0.39, 0.29) is 30.3 Å². The van der Waals surface area contributed by atoms with Gasteiger partial charge in [-0.2, -0.15) is 0 Å². The minimum Gasteiger partial charge on any atom is -0.454 e. The fraction of sp³-hybridized carbons (Fsp3) is 0.267. The lowest BCUT2D eigenvalue weighted by molar-refractivity contribution is -0.119. The molecular formula is C30H27ClN2O4. The number of benzene rings is 3. The molecule has 0 fully saturated rings. The van der Waals surface area contributed by atoms with Crippen LogP contribution in [-0.4, -0.2) is 18.5 Å². The molecular weight excluding hydrogens is 488 g/mol. The summed E-state index contributed by atoms with van der Waals surface area (Å²) in [6.45, 7) is 4.35. The van der Waals surface area contributed by atoms with Crippen molar-refractivity contribution < 1.29 is 19.1 Å². The number of ether oxygens (including phenoxy) is 2. The van der Waals surface area contributed by atoms with E-state index in [0.717, 1.165) is 28.2 Å². The molecule has 0 saturated carbocycles. The number of para-hydroxylation sites is 2. The largest absolute Gasteiger partial charge is 0.454 e. The lowest BCUT2D eigenvalue weighted by Crippen LogP contribution is -2.40. The van der Waals surface area contributed by atoms with Crippen LogP contribution in [0.4, 0.5) is 11.4 Å². The van der Waals surface area contributed by atoms with Crippen molar-refractivity contribution in [2.24, 2.45) is 5.41 Å². The van der Waals surface area contributed by atoms with Crippen molar-refractivity contribution in [2.45, 2.75) is 39.2 Å². The van der Waals surface area contributed by atoms with E-state index < -0.39 is 6.04 Å². The number of nitrogens with zero attached hydrogens (tertiary/aromatic N) is 1. The van der Waals surface area contributed by atoms with Crippen LogP contribution in [0.25, 0.3) is 0 Å². The summed E-state index contributed by atoms with van der Waals surface area (Å²) >= 11 is 6.08. The second-order valence-electron chi connectivity index (χ2n) is 10.6. The highest BCUT2D eigenvalue weighted by molar-refractivity contribution is 6.30. The maximum Gasteiger partial charge on any atom is 0.232 e. The molecule has 1 N–H and O–H groups in total. The predicted molar refractivity (Wildman–Crippen MR) is 143 cm³/mol. The Balaban J connectivity index is 1.55. The quantitative estimate of drug-likeness (QED) is 0.435. The van der Waals surface area contributed by atoms with E-state index >= 15 is 0 Å². The molecule has 0 bridgehead atoms. The van der Waals surface area contributed by atoms with E-state index in [0.29, 0.717) is 34.9 Å². The van der Waals surface area contributed by atoms with Crippen molar-refractivity contribution in [1.82, 2.24) is 0 Å². The highest BCUT2D eigenvalue weighted by Crippen LogP contribution is 2.49. The normalized spacial score (nSPS) is 19.6. The molecule has 3 aliphatic rings. The zero-order valence-electron chi connectivity index (χ0n) is 20.7. The van der Waals surface area contributed by atoms with Crippen LogP contribution in [0.15, 0.2) is 78.0 Å². The number of hydrogen-bond acceptors (Lipinski definition) is 5. The lowest BCUT2D eigenvalue weighted by Gasteiger charge is -2.37. The topological polar surface area (TPSA) is 67.9 Å². The van der Waals surface area contributed by atoms with Crippen molar-refractivity contribution in [3.05, 3.63) is 94.1 Å². The predicted octanol–water partition coefficient (Wildman–Crippen LogP) is 6.45. The molecule has 0 spiro atoms. The van der Waals surface area contributed by atoms with Crippen LogP contribution in [0.1, 0.15) is 43.9 Å². The molecule has 188 valence electrons. The fourth-order valence-corrected chi connectivity index (χ4v) is 5.65. The number of carbonyl (C=O) groups is 2. The van der Waals surface area contributed by atoms with Crippen LogP contribution in [0.2, 0.25) is 5.02 Å². The van der Waals surface area contributed by atoms with E-state index in [9.17, 15) is 9.59 Å². The van der Waals surface area contributed by atoms with E-state index in [1.165, 1.54) is 0 Å². The van der Waals surface area contributed by atoms with Crippen LogP contribution in [0.3, 0.4) is 0 Å². The first-order chi connectivity index (χ1) is 17.8. The number of ketones is 1. The first kappa shape index (κ1) is 23.6. The number of hydrogen-bond donors (Lipinski definition) is 1. The summed E-state index contributed by atoms with van der Waals surface area (Å²) in [7, 11) is 0. The zero-order chi connectivity index (χ0) is 25.7. The van der Waals surface area contributed by atoms with Gasteiger partial charge in [-0.25, -0.2) is 0 Å². The summed E-state index contributed by atoms with van der Waals surface area (Å²) in [5.74, 6) is 1.18. The maximum absolute atomic E-state index is 14.2. The number of rotatable bonds is 3. The van der Waals surface area contributed by atoms with Gasteiger partial charge in [0.1, 0.15) is 0 Å². The third-order valence-corrected chi connectivity index (χ3v) is 7.40. The second-order valence-corrected chi connectivity index (χ2v) is 11.0. The highest BCUT2D eigenvalue weighted by Gasteiger charge is 2.43. The number of carbonyl (C=O) groups excluding carboxylic acids is 2. The van der Waals surface area contributed by atoms with Gasteiger partial charge in [0.05, 0.1) is 23.8 Å². The Morgan fingerprint density at radius 3 is 2.59 bits per heavy atom. The van der Waals surface area contributed by atoms with E-state index in [4.69, 9.17) is 21.1 Å². The number of anilines is 2. The molecule has 1 atom stereocenters. The Morgan fingerprint density at radius 2 is 1.78 bits per heavy atom. The van der Waals surface area contributed by atoms with Crippen molar-refractivity contribution >= 4 is 34.7 Å². The first-order valence-corrected chi connectivity index (χ1v) is 12.8. The van der Waals surface area contributed by atoms with Gasteiger partial charge in [-0.3, -0.25) is 14.5 Å². The Hall–Kier alpha value is -3.77. The van der Waals surface area contributed by atoms with Gasteiger partial charge in [-0.1, -0.05) is 55.8 Å². The Bertz CT molecular complexity index is 1440. The van der Waals surface area contributed by atoms with E-state index in [2.05, 4.69) is 19.2 Å². The molecule has 37 heavy (non-hydrogen) atoms. The van der Waals surface area contributed by atoms with Gasteiger partial charge in [0.2, 0.25) is 12.7 Å². The minimum absolute atomic E-state index is 0.0403. The van der Waals surface area contributed by atoms with Crippen molar-refractivity contribution in [3.8, 4) is 11.5 Å². The number of halogens is 1. The third-order valence-electron chi connectivity index (χ3n) is 7.15. The van der Waals surface area contributed by atoms with Gasteiger partial charge in [-0.15, -0.1) is 0 Å². The molecule has 1 amide bonds. The van der Waals surface area contributed by atoms with Crippen LogP contribution >= 0.6 is 11.6 Å². The second kappa shape index (κ2) is 8.96. The summed E-state index contributed by atoms with van der Waals surface area (Å²) in [6.07, 6.45) is 1.27. The zero-order valence-corrected chi connectivity index (χ0v) is 21.5. The minimum atomic E-state index is -0.621. The summed E-state index contributed by atoms with van der Waals surface area (Å²) in [4.78, 5) is 29.8. The van der Waals surface area contributed by atoms with Crippen LogP contribution in [-0.2, 0) is 16.0 Å². The smallest absolute Gasteiger partial charge is 0.232 e. The Kier molecular flexibility index (Phi) is 5.72. The molecule has 7 heteroatoms. The molecule has 0 aromatic heterocycles. The van der Waals surface area contributed by atoms with E-state index in [1.807, 2.05) is 54.6 Å². The molecule has 0 radical (unpaired) electrons. The fourth-order valence-electron chi connectivity index (χ4n) is 5.52. The SMILES string of the molecule is CC1(C)CC(=O)C2=C(C1)Nc1ccccc1N(C(=O)Cc1ccc(Cl)cc1)C2c1ccc2c(c1)OCO2. The van der Waals surface area contributed by atoms with Gasteiger partial charge in [0.25, 0.3) is 0 Å². The molecule has 6 rings (SSSR count). The van der Waals surface area contributed by atoms with Crippen LogP contribution in [0.5, 0.6) is 11.5 Å². The number of amides is 1. The number of allylic oxidation sites excluding steroid dienone is 1. The van der Waals surface area contributed by atoms with Gasteiger partial charge < -0.3 is 14.8 Å². The van der Waals surface area contributed by atoms with Crippen molar-refractivity contribution in [2.75, 3.05) is 17.0 Å². The maximum atomic E-state index is 14.2. The molecule has 0 saturated heterocycles. The van der Waals surface area contributed by atoms with Gasteiger partial charge in [0, 0.05) is 22.7 Å². The standard InChI is InChI=1S/C30H27ClN2O4/c1-30(2)15-22-28(24(34)16-30)29(19-9-12-25-26(14-19)37-17-36-25)33(23-6-4-3-5-21(23)32-22)27(35)13-18-7-10-20(31)11-8-18/h3-12,14,29,32H,13,15-17H2,1-2H3. The van der Waals surface area contributed by atoms with E-state index in [1.54, 1.807) is 17.0 Å². The highest BCUT2D eigenvalue weighted by atomic mass is 35.5. The summed E-state index contributed by atoms with van der Waals surface area (Å²) in [5, 5.41) is 4.16. The van der Waals surface area contributed by atoms with Crippen molar-refractivity contribution in [1.29, 1.82) is 0 Å². The molecule has 1 unspecified atom stereocenters. The molecule has 2 heterocycles. The van der Waals surface area contributed by atoms with Gasteiger partial charge in [0.15, 0.2) is 17.3 Å². The molecule has 3 aromatic carbocycles. The Labute approximate surface area is 220 Å². The average molecular weight is 515 g/mol. The molecule has 3 aromatic rings. The summed E-state index contributed by atoms with van der Waals surface area (Å²) < 4.78 is 11.2. The first-order valence-electron chi connectivity index (χ1n) is 12.4. The number of Topliss-reactive ketones (excluding diaryl/α,β-unsaturated/α-hetero) is 1. The molecule has 1 aliphatic carbocycles. The molecule has 2 aliphatic heterocycles. The van der Waals surface area contributed by atoms with Gasteiger partial charge in [-0.05, 0) is 59.4 Å². The average Bonchev–Trinajstić information content (AvgIpc) is 3.27. The number of fused-ring (bicyclic) bond motifs is 2. The third kappa shape index (κ3) is 4.36. The number of nitrogens with one attached hydrogen (secondary N) is 1. The molecule has 6 nitrogen and oxygen atoms in total. The summed E-state index contributed by atoms with van der Waals surface area (Å²) in [5.41, 5.74) is 4.46.